The van der Waals surface area contributed by atoms with Crippen LogP contribution in [0.5, 0.6) is 0 Å². The summed E-state index contributed by atoms with van der Waals surface area (Å²) in [7, 11) is 0. The number of nitrogens with two attached hydrogens (primary N) is 1. The predicted octanol–water partition coefficient (Wildman–Crippen LogP) is 2.39. The third-order valence-electron chi connectivity index (χ3n) is 4.26. The molecule has 0 aliphatic carbocycles. The van der Waals surface area contributed by atoms with E-state index in [2.05, 4.69) is 15.3 Å². The highest BCUT2D eigenvalue weighted by molar-refractivity contribution is 5.75. The molecule has 0 saturated heterocycles. The molecular weight excluding hydrogens is 359 g/mol. The molecule has 0 aliphatic heterocycles. The quantitative estimate of drug-likeness (QED) is 0.614. The summed E-state index contributed by atoms with van der Waals surface area (Å²) in [5, 5.41) is 3.28. The molecular formula is C18H20F3N5O. The number of halogens is 3. The monoisotopic (exact) mass is 379 g/mol. The van der Waals surface area contributed by atoms with Gasteiger partial charge >= 0.3 is 11.9 Å². The Morgan fingerprint density at radius 3 is 2.63 bits per heavy atom. The summed E-state index contributed by atoms with van der Waals surface area (Å²) in [4.78, 5) is 19.2. The standard InChI is InChI=1S/C18H20F3N5O/c1-11-8-13-10-26(17(27)25-16(13)24-11)14-4-2-12(3-5-14)9-23-15(6-7-22)18(19,20)21/h2-5,8,10,15,23H,6-7,9,22H2,1H3,(H,24,25,27). The number of fused-ring (bicyclic) bond motifs is 1. The van der Waals surface area contributed by atoms with Crippen LogP contribution in [0.2, 0.25) is 0 Å². The maximum absolute atomic E-state index is 12.9. The second-order valence-electron chi connectivity index (χ2n) is 6.37. The number of nitrogens with zero attached hydrogens (tertiary/aromatic N) is 2. The molecule has 0 spiro atoms. The fourth-order valence-corrected chi connectivity index (χ4v) is 2.88. The maximum Gasteiger partial charge on any atom is 0.403 e. The summed E-state index contributed by atoms with van der Waals surface area (Å²) in [6.45, 7) is 1.87. The molecule has 2 heterocycles. The van der Waals surface area contributed by atoms with Crippen LogP contribution in [-0.2, 0) is 6.54 Å². The second-order valence-corrected chi connectivity index (χ2v) is 6.37. The first-order valence-electron chi connectivity index (χ1n) is 8.46. The van der Waals surface area contributed by atoms with Crippen LogP contribution in [0.15, 0.2) is 41.3 Å². The fourth-order valence-electron chi connectivity index (χ4n) is 2.88. The van der Waals surface area contributed by atoms with Gasteiger partial charge in [0.05, 0.1) is 5.69 Å². The molecule has 4 N–H and O–H groups in total. The van der Waals surface area contributed by atoms with Gasteiger partial charge in [0.15, 0.2) is 0 Å². The molecule has 1 atom stereocenters. The summed E-state index contributed by atoms with van der Waals surface area (Å²) >= 11 is 0. The normalized spacial score (nSPS) is 13.2. The number of hydrogen-bond acceptors (Lipinski definition) is 4. The summed E-state index contributed by atoms with van der Waals surface area (Å²) in [5.74, 6) is 0. The van der Waals surface area contributed by atoms with Crippen molar-refractivity contribution >= 4 is 11.0 Å². The smallest absolute Gasteiger partial charge is 0.343 e. The van der Waals surface area contributed by atoms with E-state index < -0.39 is 17.9 Å². The van der Waals surface area contributed by atoms with Crippen molar-refractivity contribution in [2.75, 3.05) is 6.54 Å². The van der Waals surface area contributed by atoms with Crippen molar-refractivity contribution in [2.45, 2.75) is 32.1 Å². The van der Waals surface area contributed by atoms with Crippen LogP contribution >= 0.6 is 0 Å². The first-order chi connectivity index (χ1) is 12.8. The zero-order chi connectivity index (χ0) is 19.6. The van der Waals surface area contributed by atoms with Crippen LogP contribution in [-0.4, -0.2) is 33.3 Å². The van der Waals surface area contributed by atoms with Crippen LogP contribution in [0.3, 0.4) is 0 Å². The van der Waals surface area contributed by atoms with Crippen molar-refractivity contribution in [3.8, 4) is 5.69 Å². The summed E-state index contributed by atoms with van der Waals surface area (Å²) in [5.41, 5.74) is 7.50. The van der Waals surface area contributed by atoms with E-state index in [-0.39, 0.29) is 19.5 Å². The van der Waals surface area contributed by atoms with Gasteiger partial charge in [0.2, 0.25) is 0 Å². The van der Waals surface area contributed by atoms with E-state index in [1.54, 1.807) is 30.5 Å². The van der Waals surface area contributed by atoms with Gasteiger partial charge in [0.1, 0.15) is 11.7 Å². The molecule has 9 heteroatoms. The van der Waals surface area contributed by atoms with E-state index in [0.29, 0.717) is 16.9 Å². The molecule has 1 unspecified atom stereocenters. The van der Waals surface area contributed by atoms with E-state index in [9.17, 15) is 18.0 Å². The molecule has 0 radical (unpaired) electrons. The van der Waals surface area contributed by atoms with Gasteiger partial charge in [-0.15, -0.1) is 0 Å². The number of H-pyrrole nitrogens is 1. The molecule has 27 heavy (non-hydrogen) atoms. The highest BCUT2D eigenvalue weighted by Crippen LogP contribution is 2.22. The van der Waals surface area contributed by atoms with Crippen LogP contribution in [0.25, 0.3) is 16.7 Å². The number of nitrogens with one attached hydrogen (secondary N) is 2. The third-order valence-corrected chi connectivity index (χ3v) is 4.26. The minimum atomic E-state index is -4.34. The van der Waals surface area contributed by atoms with Gasteiger partial charge in [-0.25, -0.2) is 4.79 Å². The predicted molar refractivity (Wildman–Crippen MR) is 96.8 cm³/mol. The minimum absolute atomic E-state index is 0.0485. The Bertz CT molecular complexity index is 975. The SMILES string of the molecule is Cc1cc2cn(-c3ccc(CNC(CCN)C(F)(F)F)cc3)c(=O)nc2[nH]1. The molecule has 3 aromatic rings. The fraction of sp³-hybridized carbons (Fsp3) is 0.333. The van der Waals surface area contributed by atoms with Crippen LogP contribution in [0.4, 0.5) is 13.2 Å². The zero-order valence-corrected chi connectivity index (χ0v) is 14.7. The summed E-state index contributed by atoms with van der Waals surface area (Å²) < 4.78 is 40.1. The van der Waals surface area contributed by atoms with Crippen LogP contribution in [0.1, 0.15) is 17.7 Å². The Kier molecular flexibility index (Phi) is 5.33. The van der Waals surface area contributed by atoms with E-state index >= 15 is 0 Å². The zero-order valence-electron chi connectivity index (χ0n) is 14.7. The lowest BCUT2D eigenvalue weighted by Crippen LogP contribution is -2.43. The highest BCUT2D eigenvalue weighted by Gasteiger charge is 2.38. The van der Waals surface area contributed by atoms with E-state index in [4.69, 9.17) is 5.73 Å². The summed E-state index contributed by atoms with van der Waals surface area (Å²) in [6, 6.07) is 6.95. The number of hydrogen-bond donors (Lipinski definition) is 3. The van der Waals surface area contributed by atoms with Gasteiger partial charge in [-0.1, -0.05) is 12.1 Å². The van der Waals surface area contributed by atoms with Gasteiger partial charge in [0.25, 0.3) is 0 Å². The van der Waals surface area contributed by atoms with Crippen LogP contribution < -0.4 is 16.7 Å². The lowest BCUT2D eigenvalue weighted by molar-refractivity contribution is -0.157. The highest BCUT2D eigenvalue weighted by atomic mass is 19.4. The number of aromatic amines is 1. The molecule has 0 saturated carbocycles. The Labute approximate surface area is 153 Å². The molecule has 2 aromatic heterocycles. The molecule has 0 aliphatic rings. The van der Waals surface area contributed by atoms with Crippen molar-refractivity contribution in [3.05, 3.63) is 58.3 Å². The second kappa shape index (κ2) is 7.53. The largest absolute Gasteiger partial charge is 0.403 e. The molecule has 0 fully saturated rings. The molecule has 0 amide bonds. The topological polar surface area (TPSA) is 88.7 Å². The van der Waals surface area contributed by atoms with Crippen LogP contribution in [0, 0.1) is 6.92 Å². The number of aromatic nitrogens is 3. The average molecular weight is 379 g/mol. The van der Waals surface area contributed by atoms with E-state index in [1.807, 2.05) is 13.0 Å². The first-order valence-corrected chi connectivity index (χ1v) is 8.46. The summed E-state index contributed by atoms with van der Waals surface area (Å²) in [6.07, 6.45) is -2.84. The van der Waals surface area contributed by atoms with Gasteiger partial charge in [-0.2, -0.15) is 18.2 Å². The lowest BCUT2D eigenvalue weighted by atomic mass is 10.1. The molecule has 0 bridgehead atoms. The van der Waals surface area contributed by atoms with Crippen molar-refractivity contribution < 1.29 is 13.2 Å². The van der Waals surface area contributed by atoms with Gasteiger partial charge in [0, 0.05) is 23.8 Å². The number of alkyl halides is 3. The minimum Gasteiger partial charge on any atom is -0.343 e. The van der Waals surface area contributed by atoms with Gasteiger partial charge in [-0.3, -0.25) is 4.57 Å². The van der Waals surface area contributed by atoms with Crippen molar-refractivity contribution in [2.24, 2.45) is 5.73 Å². The molecule has 144 valence electrons. The Morgan fingerprint density at radius 1 is 1.30 bits per heavy atom. The Morgan fingerprint density at radius 2 is 2.00 bits per heavy atom. The lowest BCUT2D eigenvalue weighted by Gasteiger charge is -2.21. The molecule has 1 aromatic carbocycles. The van der Waals surface area contributed by atoms with Crippen molar-refractivity contribution in [3.63, 3.8) is 0 Å². The number of rotatable bonds is 6. The van der Waals surface area contributed by atoms with Gasteiger partial charge < -0.3 is 16.0 Å². The first kappa shape index (κ1) is 19.1. The average Bonchev–Trinajstić information content (AvgIpc) is 2.96. The maximum atomic E-state index is 12.9. The third kappa shape index (κ3) is 4.37. The number of aryl methyl sites for hydroxylation is 1. The van der Waals surface area contributed by atoms with E-state index in [1.165, 1.54) is 4.57 Å². The van der Waals surface area contributed by atoms with Gasteiger partial charge in [-0.05, 0) is 43.7 Å². The van der Waals surface area contributed by atoms with Crippen molar-refractivity contribution in [1.29, 1.82) is 0 Å². The van der Waals surface area contributed by atoms with E-state index in [0.717, 1.165) is 11.1 Å². The van der Waals surface area contributed by atoms with Crippen molar-refractivity contribution in [1.82, 2.24) is 19.9 Å². The number of benzene rings is 1. The molecule has 3 rings (SSSR count). The molecule has 6 nitrogen and oxygen atoms in total. The Balaban J connectivity index is 1.77. The Hall–Kier alpha value is -2.65.